The molecule has 0 aliphatic carbocycles. The molecule has 0 spiro atoms. The highest BCUT2D eigenvalue weighted by Crippen LogP contribution is 2.20. The third kappa shape index (κ3) is 3.95. The molecule has 5 heteroatoms. The van der Waals surface area contributed by atoms with E-state index in [9.17, 15) is 4.79 Å². The molecule has 4 nitrogen and oxygen atoms in total. The second-order valence-electron chi connectivity index (χ2n) is 5.13. The van der Waals surface area contributed by atoms with E-state index in [1.165, 1.54) is 0 Å². The molecule has 2 rings (SSSR count). The molecular formula is C15H20ClNO3. The van der Waals surface area contributed by atoms with Crippen LogP contribution in [-0.2, 0) is 9.47 Å². The second kappa shape index (κ2) is 7.07. The van der Waals surface area contributed by atoms with Crippen LogP contribution in [0.2, 0.25) is 5.02 Å². The Bertz CT molecular complexity index is 472. The number of aryl methyl sites for hydroxylation is 1. The van der Waals surface area contributed by atoms with Crippen molar-refractivity contribution in [2.45, 2.75) is 32.4 Å². The van der Waals surface area contributed by atoms with Crippen LogP contribution in [0, 0.1) is 6.92 Å². The largest absolute Gasteiger partial charge is 0.379 e. The Morgan fingerprint density at radius 3 is 3.10 bits per heavy atom. The van der Waals surface area contributed by atoms with Gasteiger partial charge in [0.25, 0.3) is 5.91 Å². The molecule has 0 saturated carbocycles. The van der Waals surface area contributed by atoms with E-state index in [0.29, 0.717) is 23.8 Å². The summed E-state index contributed by atoms with van der Waals surface area (Å²) in [5.74, 6) is -0.169. The Hall–Kier alpha value is -1.10. The summed E-state index contributed by atoms with van der Waals surface area (Å²) in [7, 11) is 0. The zero-order valence-corrected chi connectivity index (χ0v) is 12.6. The number of hydrogen-bond acceptors (Lipinski definition) is 3. The average molecular weight is 298 g/mol. The third-order valence-electron chi connectivity index (χ3n) is 3.28. The van der Waals surface area contributed by atoms with Gasteiger partial charge in [0.2, 0.25) is 0 Å². The molecule has 0 bridgehead atoms. The summed E-state index contributed by atoms with van der Waals surface area (Å²) < 4.78 is 10.9. The first-order chi connectivity index (χ1) is 9.58. The molecule has 1 aromatic carbocycles. The molecule has 1 heterocycles. The van der Waals surface area contributed by atoms with E-state index in [1.54, 1.807) is 6.07 Å². The topological polar surface area (TPSA) is 47.6 Å². The van der Waals surface area contributed by atoms with Crippen LogP contribution in [0.5, 0.6) is 0 Å². The van der Waals surface area contributed by atoms with Gasteiger partial charge in [0, 0.05) is 12.6 Å². The lowest BCUT2D eigenvalue weighted by molar-refractivity contribution is 0.0318. The van der Waals surface area contributed by atoms with Crippen molar-refractivity contribution in [2.24, 2.45) is 0 Å². The van der Waals surface area contributed by atoms with Crippen molar-refractivity contribution in [3.05, 3.63) is 34.3 Å². The molecular weight excluding hydrogens is 278 g/mol. The number of amides is 1. The molecule has 1 aliphatic heterocycles. The monoisotopic (exact) mass is 297 g/mol. The highest BCUT2D eigenvalue weighted by atomic mass is 35.5. The van der Waals surface area contributed by atoms with Gasteiger partial charge >= 0.3 is 0 Å². The third-order valence-corrected chi connectivity index (χ3v) is 3.79. The van der Waals surface area contributed by atoms with Gasteiger partial charge < -0.3 is 14.8 Å². The summed E-state index contributed by atoms with van der Waals surface area (Å²) in [5, 5.41) is 3.40. The normalized spacial score (nSPS) is 19.9. The molecule has 1 N–H and O–H groups in total. The molecule has 0 radical (unpaired) electrons. The summed E-state index contributed by atoms with van der Waals surface area (Å²) in [6.45, 7) is 5.67. The van der Waals surface area contributed by atoms with Crippen molar-refractivity contribution in [3.63, 3.8) is 0 Å². The van der Waals surface area contributed by atoms with Crippen LogP contribution in [0.4, 0.5) is 0 Å². The molecule has 20 heavy (non-hydrogen) atoms. The summed E-state index contributed by atoms with van der Waals surface area (Å²) in [4.78, 5) is 12.1. The van der Waals surface area contributed by atoms with Crippen molar-refractivity contribution in [1.82, 2.24) is 5.32 Å². The number of hydrogen-bond donors (Lipinski definition) is 1. The maximum Gasteiger partial charge on any atom is 0.253 e. The van der Waals surface area contributed by atoms with Crippen LogP contribution in [0.15, 0.2) is 18.2 Å². The van der Waals surface area contributed by atoms with Gasteiger partial charge in [0.1, 0.15) is 0 Å². The Labute approximate surface area is 124 Å². The van der Waals surface area contributed by atoms with Crippen LogP contribution in [-0.4, -0.2) is 37.9 Å². The fourth-order valence-electron chi connectivity index (χ4n) is 2.09. The van der Waals surface area contributed by atoms with Crippen LogP contribution < -0.4 is 5.32 Å². The van der Waals surface area contributed by atoms with Gasteiger partial charge in [-0.15, -0.1) is 0 Å². The molecule has 110 valence electrons. The molecule has 2 atom stereocenters. The van der Waals surface area contributed by atoms with Crippen LogP contribution >= 0.6 is 11.6 Å². The Morgan fingerprint density at radius 2 is 2.40 bits per heavy atom. The standard InChI is InChI=1S/C15H20ClNO3/c1-10-4-3-5-13(14(10)16)15(18)17-11(2)8-20-12-6-7-19-9-12/h3-5,11-12H,6-9H2,1-2H3,(H,17,18)/t11-,12+/m0/s1. The maximum absolute atomic E-state index is 12.1. The quantitative estimate of drug-likeness (QED) is 0.909. The van der Waals surface area contributed by atoms with E-state index in [0.717, 1.165) is 18.6 Å². The van der Waals surface area contributed by atoms with Crippen molar-refractivity contribution >= 4 is 17.5 Å². The van der Waals surface area contributed by atoms with Gasteiger partial charge in [-0.1, -0.05) is 23.7 Å². The van der Waals surface area contributed by atoms with Gasteiger partial charge in [0.05, 0.1) is 29.9 Å². The predicted molar refractivity (Wildman–Crippen MR) is 78.3 cm³/mol. The number of benzene rings is 1. The fourth-order valence-corrected chi connectivity index (χ4v) is 2.30. The number of halogens is 1. The van der Waals surface area contributed by atoms with E-state index in [2.05, 4.69) is 5.32 Å². The smallest absolute Gasteiger partial charge is 0.253 e. The van der Waals surface area contributed by atoms with Gasteiger partial charge in [-0.05, 0) is 31.9 Å². The van der Waals surface area contributed by atoms with Crippen molar-refractivity contribution in [2.75, 3.05) is 19.8 Å². The summed E-state index contributed by atoms with van der Waals surface area (Å²) >= 11 is 6.14. The first kappa shape index (κ1) is 15.3. The summed E-state index contributed by atoms with van der Waals surface area (Å²) in [6, 6.07) is 5.36. The first-order valence-corrected chi connectivity index (χ1v) is 7.21. The first-order valence-electron chi connectivity index (χ1n) is 6.83. The van der Waals surface area contributed by atoms with E-state index >= 15 is 0 Å². The average Bonchev–Trinajstić information content (AvgIpc) is 2.92. The minimum atomic E-state index is -0.169. The van der Waals surface area contributed by atoms with Crippen molar-refractivity contribution in [1.29, 1.82) is 0 Å². The predicted octanol–water partition coefficient (Wildman–Crippen LogP) is 2.57. The molecule has 0 aromatic heterocycles. The van der Waals surface area contributed by atoms with Gasteiger partial charge in [-0.25, -0.2) is 0 Å². The van der Waals surface area contributed by atoms with Crippen LogP contribution in [0.1, 0.15) is 29.3 Å². The van der Waals surface area contributed by atoms with Gasteiger partial charge in [0.15, 0.2) is 0 Å². The highest BCUT2D eigenvalue weighted by molar-refractivity contribution is 6.34. The van der Waals surface area contributed by atoms with E-state index in [4.69, 9.17) is 21.1 Å². The van der Waals surface area contributed by atoms with Crippen LogP contribution in [0.25, 0.3) is 0 Å². The number of carbonyl (C=O) groups excluding carboxylic acids is 1. The van der Waals surface area contributed by atoms with Crippen molar-refractivity contribution < 1.29 is 14.3 Å². The van der Waals surface area contributed by atoms with Gasteiger partial charge in [-0.2, -0.15) is 0 Å². The number of nitrogens with one attached hydrogen (secondary N) is 1. The Kier molecular flexibility index (Phi) is 5.40. The zero-order valence-electron chi connectivity index (χ0n) is 11.8. The molecule has 1 aromatic rings. The molecule has 1 fully saturated rings. The van der Waals surface area contributed by atoms with Crippen LogP contribution in [0.3, 0.4) is 0 Å². The van der Waals surface area contributed by atoms with E-state index in [-0.39, 0.29) is 18.1 Å². The molecule has 0 unspecified atom stereocenters. The fraction of sp³-hybridized carbons (Fsp3) is 0.533. The van der Waals surface area contributed by atoms with Crippen molar-refractivity contribution in [3.8, 4) is 0 Å². The maximum atomic E-state index is 12.1. The lowest BCUT2D eigenvalue weighted by Gasteiger charge is -2.17. The molecule has 1 saturated heterocycles. The number of ether oxygens (including phenoxy) is 2. The summed E-state index contributed by atoms with van der Waals surface area (Å²) in [5.41, 5.74) is 1.40. The SMILES string of the molecule is Cc1cccc(C(=O)N[C@@H](C)CO[C@@H]2CCOC2)c1Cl. The molecule has 1 amide bonds. The number of carbonyl (C=O) groups is 1. The minimum Gasteiger partial charge on any atom is -0.379 e. The lowest BCUT2D eigenvalue weighted by atomic mass is 10.1. The second-order valence-corrected chi connectivity index (χ2v) is 5.51. The number of rotatable bonds is 5. The Balaban J connectivity index is 1.85. The lowest BCUT2D eigenvalue weighted by Crippen LogP contribution is -2.37. The van der Waals surface area contributed by atoms with E-state index in [1.807, 2.05) is 26.0 Å². The van der Waals surface area contributed by atoms with Gasteiger partial charge in [-0.3, -0.25) is 4.79 Å². The highest BCUT2D eigenvalue weighted by Gasteiger charge is 2.18. The molecule has 1 aliphatic rings. The minimum absolute atomic E-state index is 0.0697. The zero-order chi connectivity index (χ0) is 14.5. The summed E-state index contributed by atoms with van der Waals surface area (Å²) in [6.07, 6.45) is 1.07. The Morgan fingerprint density at radius 1 is 1.60 bits per heavy atom. The van der Waals surface area contributed by atoms with E-state index < -0.39 is 0 Å².